The Kier molecular flexibility index (Phi) is 5.84. The average Bonchev–Trinajstić information content (AvgIpc) is 3.51. The van der Waals surface area contributed by atoms with Gasteiger partial charge >= 0.3 is 0 Å². The number of aromatic amines is 1. The lowest BCUT2D eigenvalue weighted by Gasteiger charge is -2.25. The van der Waals surface area contributed by atoms with Crippen molar-refractivity contribution in [3.63, 3.8) is 0 Å². The number of hydrogen-bond donors (Lipinski definition) is 4. The van der Waals surface area contributed by atoms with Crippen LogP contribution in [0.5, 0.6) is 0 Å². The standard InChI is InChI=1S/C27H25N5O2S/c1-15-17(7-4-8-23(15)32-11-12-35-27(32)26(30)34)19-9-10-20(25(29)33)24-21(19)13-22(31-24)18-6-3-2-5-16(18)14-28/h2-13,27,31H,14,28H2,1H3,(H2,29,33)(H2,30,34). The Morgan fingerprint density at radius 2 is 1.77 bits per heavy atom. The third-order valence-electron chi connectivity index (χ3n) is 6.39. The summed E-state index contributed by atoms with van der Waals surface area (Å²) in [6.07, 6.45) is 1.87. The first-order valence-corrected chi connectivity index (χ1v) is 12.1. The summed E-state index contributed by atoms with van der Waals surface area (Å²) in [6.45, 7) is 2.41. The SMILES string of the molecule is Cc1c(-c2ccc(C(N)=O)c3[nH]c(-c4ccccc4CN)cc23)cccc1N1C=CSC1C(N)=O. The van der Waals surface area contributed by atoms with Gasteiger partial charge in [0.2, 0.25) is 0 Å². The number of primary amides is 2. The first kappa shape index (κ1) is 22.8. The molecule has 0 saturated carbocycles. The van der Waals surface area contributed by atoms with Gasteiger partial charge in [-0.1, -0.05) is 54.2 Å². The van der Waals surface area contributed by atoms with Crippen molar-refractivity contribution in [3.8, 4) is 22.4 Å². The van der Waals surface area contributed by atoms with Gasteiger partial charge in [0.05, 0.1) is 11.1 Å². The largest absolute Gasteiger partial charge is 0.367 e. The molecule has 1 aliphatic heterocycles. The zero-order valence-electron chi connectivity index (χ0n) is 19.1. The van der Waals surface area contributed by atoms with Crippen LogP contribution in [0, 0.1) is 6.92 Å². The van der Waals surface area contributed by atoms with Crippen LogP contribution in [0.4, 0.5) is 5.69 Å². The van der Waals surface area contributed by atoms with Crippen molar-refractivity contribution in [3.05, 3.63) is 89.0 Å². The molecule has 7 nitrogen and oxygen atoms in total. The van der Waals surface area contributed by atoms with E-state index in [0.717, 1.165) is 44.6 Å². The first-order valence-electron chi connectivity index (χ1n) is 11.1. The molecule has 0 radical (unpaired) electrons. The van der Waals surface area contributed by atoms with Crippen LogP contribution in [-0.2, 0) is 11.3 Å². The molecular formula is C27H25N5O2S. The second-order valence-electron chi connectivity index (χ2n) is 8.39. The second kappa shape index (κ2) is 8.98. The number of H-pyrrole nitrogens is 1. The monoisotopic (exact) mass is 483 g/mol. The summed E-state index contributed by atoms with van der Waals surface area (Å²) in [6, 6.07) is 19.6. The van der Waals surface area contributed by atoms with Crippen LogP contribution in [0.2, 0.25) is 0 Å². The highest BCUT2D eigenvalue weighted by atomic mass is 32.2. The third-order valence-corrected chi connectivity index (χ3v) is 7.38. The van der Waals surface area contributed by atoms with Crippen LogP contribution in [0.15, 0.2) is 72.3 Å². The molecule has 8 heteroatoms. The topological polar surface area (TPSA) is 131 Å². The minimum atomic E-state index is -0.504. The molecule has 5 rings (SSSR count). The summed E-state index contributed by atoms with van der Waals surface area (Å²) in [4.78, 5) is 29.5. The van der Waals surface area contributed by atoms with E-state index in [1.807, 2.05) is 78.0 Å². The highest BCUT2D eigenvalue weighted by Crippen LogP contribution is 2.40. The molecule has 0 fully saturated rings. The Morgan fingerprint density at radius 3 is 2.51 bits per heavy atom. The number of fused-ring (bicyclic) bond motifs is 1. The molecule has 0 spiro atoms. The zero-order chi connectivity index (χ0) is 24.7. The van der Waals surface area contributed by atoms with Crippen molar-refractivity contribution in [1.82, 2.24) is 4.98 Å². The summed E-state index contributed by atoms with van der Waals surface area (Å²) in [5.74, 6) is -0.900. The van der Waals surface area contributed by atoms with Crippen LogP contribution in [-0.4, -0.2) is 22.2 Å². The maximum Gasteiger partial charge on any atom is 0.251 e. The van der Waals surface area contributed by atoms with Gasteiger partial charge in [-0.05, 0) is 52.8 Å². The Morgan fingerprint density at radius 1 is 1.00 bits per heavy atom. The Hall–Kier alpha value is -4.01. The molecule has 1 unspecified atom stereocenters. The highest BCUT2D eigenvalue weighted by molar-refractivity contribution is 8.03. The number of amides is 2. The number of aromatic nitrogens is 1. The number of carbonyl (C=O) groups excluding carboxylic acids is 2. The molecule has 4 aromatic rings. The minimum Gasteiger partial charge on any atom is -0.367 e. The molecule has 1 aromatic heterocycles. The number of nitrogens with two attached hydrogens (primary N) is 3. The van der Waals surface area contributed by atoms with Gasteiger partial charge in [-0.2, -0.15) is 0 Å². The van der Waals surface area contributed by atoms with Crippen LogP contribution in [0.25, 0.3) is 33.3 Å². The number of rotatable bonds is 6. The normalized spacial score (nSPS) is 15.1. The van der Waals surface area contributed by atoms with Crippen molar-refractivity contribution in [2.75, 3.05) is 4.90 Å². The van der Waals surface area contributed by atoms with Crippen molar-refractivity contribution >= 4 is 40.2 Å². The third kappa shape index (κ3) is 3.86. The fourth-order valence-corrected chi connectivity index (χ4v) is 5.49. The predicted molar refractivity (Wildman–Crippen MR) is 143 cm³/mol. The molecule has 0 bridgehead atoms. The van der Waals surface area contributed by atoms with E-state index in [1.165, 1.54) is 11.8 Å². The summed E-state index contributed by atoms with van der Waals surface area (Å²) < 4.78 is 0. The van der Waals surface area contributed by atoms with Crippen LogP contribution in [0.3, 0.4) is 0 Å². The molecule has 2 amide bonds. The maximum atomic E-state index is 12.2. The highest BCUT2D eigenvalue weighted by Gasteiger charge is 2.28. The summed E-state index contributed by atoms with van der Waals surface area (Å²) in [5.41, 5.74) is 25.1. The molecule has 0 saturated heterocycles. The maximum absolute atomic E-state index is 12.2. The Labute approximate surface area is 207 Å². The van der Waals surface area contributed by atoms with Crippen molar-refractivity contribution in [2.45, 2.75) is 18.8 Å². The van der Waals surface area contributed by atoms with Gasteiger partial charge in [0.25, 0.3) is 11.8 Å². The summed E-state index contributed by atoms with van der Waals surface area (Å²) >= 11 is 1.38. The summed E-state index contributed by atoms with van der Waals surface area (Å²) in [5, 5.41) is 2.25. The van der Waals surface area contributed by atoms with Crippen LogP contribution >= 0.6 is 11.8 Å². The fraction of sp³-hybridized carbons (Fsp3) is 0.111. The van der Waals surface area contributed by atoms with Crippen molar-refractivity contribution in [2.24, 2.45) is 17.2 Å². The second-order valence-corrected chi connectivity index (χ2v) is 9.38. The van der Waals surface area contributed by atoms with Crippen molar-refractivity contribution in [1.29, 1.82) is 0 Å². The van der Waals surface area contributed by atoms with Gasteiger partial charge in [-0.25, -0.2) is 0 Å². The Bertz CT molecular complexity index is 1510. The molecular weight excluding hydrogens is 458 g/mol. The fourth-order valence-electron chi connectivity index (χ4n) is 4.69. The van der Waals surface area contributed by atoms with Crippen molar-refractivity contribution < 1.29 is 9.59 Å². The molecule has 176 valence electrons. The molecule has 3 aromatic carbocycles. The quantitative estimate of drug-likeness (QED) is 0.326. The van der Waals surface area contributed by atoms with Crippen LogP contribution < -0.4 is 22.1 Å². The van der Waals surface area contributed by atoms with E-state index in [0.29, 0.717) is 17.6 Å². The lowest BCUT2D eigenvalue weighted by molar-refractivity contribution is -0.117. The Balaban J connectivity index is 1.72. The number of nitrogens with zero attached hydrogens (tertiary/aromatic N) is 1. The zero-order valence-corrected chi connectivity index (χ0v) is 19.9. The molecule has 35 heavy (non-hydrogen) atoms. The lowest BCUT2D eigenvalue weighted by atomic mass is 9.94. The number of hydrogen-bond acceptors (Lipinski definition) is 5. The molecule has 0 aliphatic carbocycles. The number of carbonyl (C=O) groups is 2. The van der Waals surface area contributed by atoms with Crippen LogP contribution in [0.1, 0.15) is 21.5 Å². The van der Waals surface area contributed by atoms with E-state index in [9.17, 15) is 9.59 Å². The van der Waals surface area contributed by atoms with Gasteiger partial charge in [-0.15, -0.1) is 0 Å². The van der Waals surface area contributed by atoms with Gasteiger partial charge < -0.3 is 27.1 Å². The molecule has 2 heterocycles. The number of anilines is 1. The van der Waals surface area contributed by atoms with E-state index >= 15 is 0 Å². The number of nitrogens with one attached hydrogen (secondary N) is 1. The first-order chi connectivity index (χ1) is 16.9. The number of benzene rings is 3. The van der Waals surface area contributed by atoms with E-state index < -0.39 is 17.2 Å². The van der Waals surface area contributed by atoms with E-state index in [4.69, 9.17) is 17.2 Å². The smallest absolute Gasteiger partial charge is 0.251 e. The van der Waals surface area contributed by atoms with E-state index in [1.54, 1.807) is 6.07 Å². The molecule has 1 atom stereocenters. The van der Waals surface area contributed by atoms with Gasteiger partial charge in [0.1, 0.15) is 0 Å². The molecule has 7 N–H and O–H groups in total. The number of thioether (sulfide) groups is 1. The average molecular weight is 484 g/mol. The van der Waals surface area contributed by atoms with Gasteiger partial charge in [-0.3, -0.25) is 9.59 Å². The van der Waals surface area contributed by atoms with Gasteiger partial charge in [0.15, 0.2) is 5.37 Å². The predicted octanol–water partition coefficient (Wildman–Crippen LogP) is 4.20. The lowest BCUT2D eigenvalue weighted by Crippen LogP contribution is -2.37. The van der Waals surface area contributed by atoms with Gasteiger partial charge in [0, 0.05) is 35.1 Å². The van der Waals surface area contributed by atoms with E-state index in [2.05, 4.69) is 4.98 Å². The molecule has 1 aliphatic rings. The van der Waals surface area contributed by atoms with E-state index in [-0.39, 0.29) is 0 Å². The summed E-state index contributed by atoms with van der Waals surface area (Å²) in [7, 11) is 0. The minimum absolute atomic E-state index is 0.393.